The SMILES string of the molecule is COc1ccc(CN2C(=O)CO[C@@H](C(=O)N3CCOCC3)[C@@H]2c2ccccc2)c(OC)c1. The van der Waals surface area contributed by atoms with E-state index in [1.807, 2.05) is 42.5 Å². The lowest BCUT2D eigenvalue weighted by Crippen LogP contribution is -2.56. The van der Waals surface area contributed by atoms with Gasteiger partial charge in [0.15, 0.2) is 6.10 Å². The Balaban J connectivity index is 1.69. The summed E-state index contributed by atoms with van der Waals surface area (Å²) in [6.07, 6.45) is -0.794. The molecule has 8 heteroatoms. The number of morpholine rings is 2. The highest BCUT2D eigenvalue weighted by molar-refractivity contribution is 5.86. The number of methoxy groups -OCH3 is 2. The van der Waals surface area contributed by atoms with Gasteiger partial charge in [-0.1, -0.05) is 30.3 Å². The first kappa shape index (κ1) is 22.1. The van der Waals surface area contributed by atoms with Crippen molar-refractivity contribution in [3.8, 4) is 11.5 Å². The second-order valence-corrected chi connectivity index (χ2v) is 7.72. The van der Waals surface area contributed by atoms with Gasteiger partial charge in [-0.3, -0.25) is 9.59 Å². The van der Waals surface area contributed by atoms with Gasteiger partial charge < -0.3 is 28.7 Å². The molecule has 2 aliphatic rings. The number of nitrogens with zero attached hydrogens (tertiary/aromatic N) is 2. The molecule has 0 unspecified atom stereocenters. The first-order chi connectivity index (χ1) is 15.6. The van der Waals surface area contributed by atoms with Crippen LogP contribution < -0.4 is 9.47 Å². The Hall–Kier alpha value is -3.10. The molecule has 0 N–H and O–H groups in total. The lowest BCUT2D eigenvalue weighted by Gasteiger charge is -2.42. The minimum Gasteiger partial charge on any atom is -0.497 e. The molecule has 0 saturated carbocycles. The van der Waals surface area contributed by atoms with E-state index in [0.29, 0.717) is 37.8 Å². The van der Waals surface area contributed by atoms with E-state index in [4.69, 9.17) is 18.9 Å². The molecule has 2 amide bonds. The first-order valence-corrected chi connectivity index (χ1v) is 10.7. The number of benzene rings is 2. The van der Waals surface area contributed by atoms with Crippen LogP contribution in [-0.2, 0) is 25.6 Å². The fraction of sp³-hybridized carbons (Fsp3) is 0.417. The van der Waals surface area contributed by atoms with E-state index in [1.165, 1.54) is 0 Å². The number of carbonyl (C=O) groups is 2. The van der Waals surface area contributed by atoms with E-state index in [2.05, 4.69) is 0 Å². The largest absolute Gasteiger partial charge is 0.497 e. The highest BCUT2D eigenvalue weighted by atomic mass is 16.5. The fourth-order valence-corrected chi connectivity index (χ4v) is 4.18. The van der Waals surface area contributed by atoms with Crippen LogP contribution >= 0.6 is 0 Å². The van der Waals surface area contributed by atoms with Crippen molar-refractivity contribution in [3.05, 3.63) is 59.7 Å². The predicted molar refractivity (Wildman–Crippen MR) is 116 cm³/mol. The highest BCUT2D eigenvalue weighted by Crippen LogP contribution is 2.35. The second kappa shape index (κ2) is 10.0. The molecule has 0 radical (unpaired) electrons. The smallest absolute Gasteiger partial charge is 0.254 e. The molecule has 0 spiro atoms. The van der Waals surface area contributed by atoms with Gasteiger partial charge in [0.2, 0.25) is 5.91 Å². The van der Waals surface area contributed by atoms with Crippen molar-refractivity contribution in [2.75, 3.05) is 47.1 Å². The zero-order valence-corrected chi connectivity index (χ0v) is 18.4. The molecule has 170 valence electrons. The van der Waals surface area contributed by atoms with Crippen LogP contribution in [0.5, 0.6) is 11.5 Å². The summed E-state index contributed by atoms with van der Waals surface area (Å²) in [6, 6.07) is 14.5. The monoisotopic (exact) mass is 440 g/mol. The minimum atomic E-state index is -0.794. The summed E-state index contributed by atoms with van der Waals surface area (Å²) < 4.78 is 22.1. The van der Waals surface area contributed by atoms with Gasteiger partial charge in [0, 0.05) is 24.7 Å². The Morgan fingerprint density at radius 3 is 2.50 bits per heavy atom. The molecule has 0 bridgehead atoms. The summed E-state index contributed by atoms with van der Waals surface area (Å²) in [7, 11) is 3.17. The molecule has 8 nitrogen and oxygen atoms in total. The normalized spacial score (nSPS) is 21.4. The molecular formula is C24H28N2O6. The van der Waals surface area contributed by atoms with Crippen molar-refractivity contribution in [1.82, 2.24) is 9.80 Å². The average Bonchev–Trinajstić information content (AvgIpc) is 2.86. The molecule has 2 atom stereocenters. The third kappa shape index (κ3) is 4.56. The summed E-state index contributed by atoms with van der Waals surface area (Å²) in [5, 5.41) is 0. The van der Waals surface area contributed by atoms with Crippen LogP contribution in [-0.4, -0.2) is 74.8 Å². The zero-order chi connectivity index (χ0) is 22.5. The molecule has 2 aromatic rings. The van der Waals surface area contributed by atoms with Crippen molar-refractivity contribution < 1.29 is 28.5 Å². The van der Waals surface area contributed by atoms with E-state index in [-0.39, 0.29) is 25.0 Å². The van der Waals surface area contributed by atoms with Crippen LogP contribution in [0.1, 0.15) is 17.2 Å². The van der Waals surface area contributed by atoms with Gasteiger partial charge in [-0.2, -0.15) is 0 Å². The molecule has 2 aromatic carbocycles. The van der Waals surface area contributed by atoms with Crippen LogP contribution in [0, 0.1) is 0 Å². The number of hydrogen-bond donors (Lipinski definition) is 0. The number of ether oxygens (including phenoxy) is 4. The Morgan fingerprint density at radius 2 is 1.81 bits per heavy atom. The maximum absolute atomic E-state index is 13.4. The van der Waals surface area contributed by atoms with Crippen LogP contribution in [0.25, 0.3) is 0 Å². The minimum absolute atomic E-state index is 0.124. The van der Waals surface area contributed by atoms with Crippen molar-refractivity contribution in [2.24, 2.45) is 0 Å². The van der Waals surface area contributed by atoms with E-state index >= 15 is 0 Å². The Morgan fingerprint density at radius 1 is 1.06 bits per heavy atom. The fourth-order valence-electron chi connectivity index (χ4n) is 4.18. The quantitative estimate of drug-likeness (QED) is 0.684. The molecule has 32 heavy (non-hydrogen) atoms. The standard InChI is InChI=1S/C24H28N2O6/c1-29-19-9-8-18(20(14-19)30-2)15-26-21(27)16-32-23(22(26)17-6-4-3-5-7-17)24(28)25-10-12-31-13-11-25/h3-9,14,22-23H,10-13,15-16H2,1-2H3/t22-,23+/m0/s1. The van der Waals surface area contributed by atoms with Gasteiger partial charge >= 0.3 is 0 Å². The molecular weight excluding hydrogens is 412 g/mol. The Bertz CT molecular complexity index is 945. The third-order valence-corrected chi connectivity index (χ3v) is 5.87. The summed E-state index contributed by atoms with van der Waals surface area (Å²) in [5.41, 5.74) is 1.67. The van der Waals surface area contributed by atoms with Gasteiger partial charge in [-0.05, 0) is 17.7 Å². The summed E-state index contributed by atoms with van der Waals surface area (Å²) in [5.74, 6) is 0.981. The molecule has 0 aromatic heterocycles. The number of carbonyl (C=O) groups excluding carboxylic acids is 2. The molecule has 2 fully saturated rings. The van der Waals surface area contributed by atoms with E-state index in [0.717, 1.165) is 11.1 Å². The number of amides is 2. The maximum Gasteiger partial charge on any atom is 0.254 e. The molecule has 4 rings (SSSR count). The van der Waals surface area contributed by atoms with E-state index < -0.39 is 12.1 Å². The van der Waals surface area contributed by atoms with Crippen LogP contribution in [0.3, 0.4) is 0 Å². The molecule has 2 heterocycles. The Labute approximate surface area is 187 Å². The summed E-state index contributed by atoms with van der Waals surface area (Å²) in [4.78, 5) is 29.9. The molecule has 0 aliphatic carbocycles. The van der Waals surface area contributed by atoms with Gasteiger partial charge in [0.1, 0.15) is 18.1 Å². The maximum atomic E-state index is 13.4. The van der Waals surface area contributed by atoms with E-state index in [1.54, 1.807) is 30.1 Å². The van der Waals surface area contributed by atoms with Gasteiger partial charge in [0.25, 0.3) is 5.91 Å². The van der Waals surface area contributed by atoms with Crippen molar-refractivity contribution >= 4 is 11.8 Å². The number of hydrogen-bond acceptors (Lipinski definition) is 6. The average molecular weight is 440 g/mol. The lowest BCUT2D eigenvalue weighted by molar-refractivity contribution is -0.172. The van der Waals surface area contributed by atoms with Crippen LogP contribution in [0.4, 0.5) is 0 Å². The van der Waals surface area contributed by atoms with Crippen LogP contribution in [0.15, 0.2) is 48.5 Å². The third-order valence-electron chi connectivity index (χ3n) is 5.87. The van der Waals surface area contributed by atoms with Crippen LogP contribution in [0.2, 0.25) is 0 Å². The number of rotatable bonds is 6. The van der Waals surface area contributed by atoms with Crippen molar-refractivity contribution in [2.45, 2.75) is 18.7 Å². The van der Waals surface area contributed by atoms with Gasteiger partial charge in [-0.15, -0.1) is 0 Å². The predicted octanol–water partition coefficient (Wildman–Crippen LogP) is 2.03. The zero-order valence-electron chi connectivity index (χ0n) is 18.4. The summed E-state index contributed by atoms with van der Waals surface area (Å²) in [6.45, 7) is 2.16. The lowest BCUT2D eigenvalue weighted by atomic mass is 9.95. The summed E-state index contributed by atoms with van der Waals surface area (Å²) >= 11 is 0. The highest BCUT2D eigenvalue weighted by Gasteiger charge is 2.43. The Kier molecular flexibility index (Phi) is 6.92. The van der Waals surface area contributed by atoms with Gasteiger partial charge in [0.05, 0.1) is 40.0 Å². The topological polar surface area (TPSA) is 77.5 Å². The first-order valence-electron chi connectivity index (χ1n) is 10.7. The molecule has 2 aliphatic heterocycles. The van der Waals surface area contributed by atoms with Gasteiger partial charge in [-0.25, -0.2) is 0 Å². The molecule has 2 saturated heterocycles. The van der Waals surface area contributed by atoms with Crippen molar-refractivity contribution in [1.29, 1.82) is 0 Å². The van der Waals surface area contributed by atoms with E-state index in [9.17, 15) is 9.59 Å². The second-order valence-electron chi connectivity index (χ2n) is 7.72. The van der Waals surface area contributed by atoms with Crippen molar-refractivity contribution in [3.63, 3.8) is 0 Å².